The van der Waals surface area contributed by atoms with Gasteiger partial charge in [0.15, 0.2) is 0 Å². The molecule has 0 aromatic heterocycles. The fourth-order valence-corrected chi connectivity index (χ4v) is 4.22. The van der Waals surface area contributed by atoms with E-state index in [0.717, 1.165) is 6.42 Å². The Morgan fingerprint density at radius 2 is 1.04 bits per heavy atom. The van der Waals surface area contributed by atoms with Crippen molar-refractivity contribution in [1.82, 2.24) is 0 Å². The standard InChI is InChI=1S/C28H34/c1-18-12-19(2)14-27(13-18)28(26-11-9-21(4)23(6)16-26)17-24(7)25-10-8-20(3)22(5)15-25/h8-16,24,28H,17H2,1-7H3. The van der Waals surface area contributed by atoms with Crippen LogP contribution >= 0.6 is 0 Å². The number of hydrogen-bond donors (Lipinski definition) is 0. The normalized spacial score (nSPS) is 13.4. The Hall–Kier alpha value is -2.34. The summed E-state index contributed by atoms with van der Waals surface area (Å²) in [5, 5.41) is 0. The molecule has 3 rings (SSSR count). The highest BCUT2D eigenvalue weighted by Gasteiger charge is 2.20. The lowest BCUT2D eigenvalue weighted by atomic mass is 9.80. The zero-order chi connectivity index (χ0) is 20.4. The molecule has 0 amide bonds. The summed E-state index contributed by atoms with van der Waals surface area (Å²) in [6.45, 7) is 15.6. The van der Waals surface area contributed by atoms with E-state index in [-0.39, 0.29) is 0 Å². The molecular weight excluding hydrogens is 336 g/mol. The predicted octanol–water partition coefficient (Wildman–Crippen LogP) is 7.86. The maximum Gasteiger partial charge on any atom is 0.00953 e. The van der Waals surface area contributed by atoms with Crippen LogP contribution in [0.25, 0.3) is 0 Å². The first-order valence-corrected chi connectivity index (χ1v) is 10.5. The molecule has 0 aliphatic rings. The number of benzene rings is 3. The molecule has 2 unspecified atom stereocenters. The lowest BCUT2D eigenvalue weighted by molar-refractivity contribution is 0.615. The van der Waals surface area contributed by atoms with Crippen LogP contribution in [0.3, 0.4) is 0 Å². The average Bonchev–Trinajstić information content (AvgIpc) is 2.63. The van der Waals surface area contributed by atoms with Crippen molar-refractivity contribution in [3.05, 3.63) is 105 Å². The first kappa shape index (κ1) is 20.4. The molecule has 3 aromatic rings. The molecule has 2 atom stereocenters. The van der Waals surface area contributed by atoms with Crippen LogP contribution in [-0.2, 0) is 0 Å². The van der Waals surface area contributed by atoms with Gasteiger partial charge in [-0.05, 0) is 92.8 Å². The van der Waals surface area contributed by atoms with Crippen molar-refractivity contribution in [3.63, 3.8) is 0 Å². The van der Waals surface area contributed by atoms with Gasteiger partial charge >= 0.3 is 0 Å². The Morgan fingerprint density at radius 1 is 0.536 bits per heavy atom. The van der Waals surface area contributed by atoms with Crippen molar-refractivity contribution in [2.45, 2.75) is 66.7 Å². The van der Waals surface area contributed by atoms with Crippen molar-refractivity contribution in [3.8, 4) is 0 Å². The summed E-state index contributed by atoms with van der Waals surface area (Å²) in [6, 6.07) is 21.0. The Morgan fingerprint density at radius 3 is 1.57 bits per heavy atom. The monoisotopic (exact) mass is 370 g/mol. The van der Waals surface area contributed by atoms with Gasteiger partial charge < -0.3 is 0 Å². The van der Waals surface area contributed by atoms with E-state index in [2.05, 4.69) is 103 Å². The van der Waals surface area contributed by atoms with Gasteiger partial charge in [0.25, 0.3) is 0 Å². The summed E-state index contributed by atoms with van der Waals surface area (Å²) in [6.07, 6.45) is 1.12. The highest BCUT2D eigenvalue weighted by molar-refractivity contribution is 5.41. The van der Waals surface area contributed by atoms with E-state index in [1.807, 2.05) is 0 Å². The summed E-state index contributed by atoms with van der Waals surface area (Å²) < 4.78 is 0. The molecule has 0 heteroatoms. The molecule has 0 nitrogen and oxygen atoms in total. The topological polar surface area (TPSA) is 0 Å². The van der Waals surface area contributed by atoms with Crippen molar-refractivity contribution in [1.29, 1.82) is 0 Å². The Labute approximate surface area is 171 Å². The van der Waals surface area contributed by atoms with Gasteiger partial charge in [0.05, 0.1) is 0 Å². The maximum atomic E-state index is 2.39. The third-order valence-electron chi connectivity index (χ3n) is 6.27. The van der Waals surface area contributed by atoms with Crippen LogP contribution in [0, 0.1) is 41.5 Å². The van der Waals surface area contributed by atoms with Crippen molar-refractivity contribution >= 4 is 0 Å². The SMILES string of the molecule is Cc1cc(C)cc(C(CC(C)c2ccc(C)c(C)c2)c2ccc(C)c(C)c2)c1. The fourth-order valence-electron chi connectivity index (χ4n) is 4.22. The minimum Gasteiger partial charge on any atom is -0.0588 e. The van der Waals surface area contributed by atoms with Gasteiger partial charge in [-0.15, -0.1) is 0 Å². The van der Waals surface area contributed by atoms with Crippen LogP contribution in [0.5, 0.6) is 0 Å². The molecule has 146 valence electrons. The van der Waals surface area contributed by atoms with Crippen LogP contribution in [0.4, 0.5) is 0 Å². The van der Waals surface area contributed by atoms with Crippen molar-refractivity contribution in [2.75, 3.05) is 0 Å². The van der Waals surface area contributed by atoms with Crippen LogP contribution in [0.2, 0.25) is 0 Å². The summed E-state index contributed by atoms with van der Waals surface area (Å²) in [4.78, 5) is 0. The predicted molar refractivity (Wildman–Crippen MR) is 123 cm³/mol. The Balaban J connectivity index is 2.02. The van der Waals surface area contributed by atoms with Crippen LogP contribution in [0.1, 0.15) is 75.3 Å². The van der Waals surface area contributed by atoms with E-state index in [4.69, 9.17) is 0 Å². The molecule has 0 aliphatic heterocycles. The second-order valence-corrected chi connectivity index (χ2v) is 8.80. The fraction of sp³-hybridized carbons (Fsp3) is 0.357. The molecule has 3 aromatic carbocycles. The van der Waals surface area contributed by atoms with Crippen LogP contribution in [-0.4, -0.2) is 0 Å². The van der Waals surface area contributed by atoms with E-state index in [1.165, 1.54) is 50.1 Å². The van der Waals surface area contributed by atoms with Crippen molar-refractivity contribution < 1.29 is 0 Å². The molecule has 0 radical (unpaired) electrons. The molecule has 0 spiro atoms. The second-order valence-electron chi connectivity index (χ2n) is 8.80. The van der Waals surface area contributed by atoms with Gasteiger partial charge in [0, 0.05) is 5.92 Å². The van der Waals surface area contributed by atoms with E-state index in [0.29, 0.717) is 11.8 Å². The lowest BCUT2D eigenvalue weighted by Crippen LogP contribution is -2.08. The second kappa shape index (κ2) is 8.35. The van der Waals surface area contributed by atoms with Gasteiger partial charge in [-0.2, -0.15) is 0 Å². The molecule has 0 N–H and O–H groups in total. The number of hydrogen-bond acceptors (Lipinski definition) is 0. The van der Waals surface area contributed by atoms with Gasteiger partial charge in [-0.25, -0.2) is 0 Å². The molecule has 28 heavy (non-hydrogen) atoms. The highest BCUT2D eigenvalue weighted by atomic mass is 14.2. The molecule has 0 fully saturated rings. The zero-order valence-electron chi connectivity index (χ0n) is 18.6. The minimum atomic E-state index is 0.412. The third-order valence-corrected chi connectivity index (χ3v) is 6.27. The minimum absolute atomic E-state index is 0.412. The Bertz CT molecular complexity index is 957. The maximum absolute atomic E-state index is 2.39. The molecular formula is C28H34. The third kappa shape index (κ3) is 4.55. The first-order valence-electron chi connectivity index (χ1n) is 10.5. The molecule has 0 saturated heterocycles. The van der Waals surface area contributed by atoms with Gasteiger partial charge in [0.2, 0.25) is 0 Å². The molecule has 0 saturated carbocycles. The van der Waals surface area contributed by atoms with E-state index in [1.54, 1.807) is 0 Å². The molecule has 0 heterocycles. The van der Waals surface area contributed by atoms with Crippen LogP contribution in [0.15, 0.2) is 54.6 Å². The van der Waals surface area contributed by atoms with E-state index in [9.17, 15) is 0 Å². The summed E-state index contributed by atoms with van der Waals surface area (Å²) in [5.74, 6) is 0.918. The first-order chi connectivity index (χ1) is 13.2. The van der Waals surface area contributed by atoms with Crippen molar-refractivity contribution in [2.24, 2.45) is 0 Å². The Kier molecular flexibility index (Phi) is 6.08. The van der Waals surface area contributed by atoms with E-state index < -0.39 is 0 Å². The molecule has 0 bridgehead atoms. The van der Waals surface area contributed by atoms with E-state index >= 15 is 0 Å². The smallest absolute Gasteiger partial charge is 0.00953 e. The average molecular weight is 371 g/mol. The summed E-state index contributed by atoms with van der Waals surface area (Å²) in [7, 11) is 0. The number of aryl methyl sites for hydroxylation is 6. The summed E-state index contributed by atoms with van der Waals surface area (Å²) >= 11 is 0. The summed E-state index contributed by atoms with van der Waals surface area (Å²) in [5.41, 5.74) is 12.5. The van der Waals surface area contributed by atoms with Crippen LogP contribution < -0.4 is 0 Å². The number of rotatable bonds is 5. The van der Waals surface area contributed by atoms with Gasteiger partial charge in [-0.1, -0.05) is 72.6 Å². The highest BCUT2D eigenvalue weighted by Crippen LogP contribution is 2.36. The van der Waals surface area contributed by atoms with Gasteiger partial charge in [0.1, 0.15) is 0 Å². The largest absolute Gasteiger partial charge is 0.0588 e. The van der Waals surface area contributed by atoms with Gasteiger partial charge in [-0.3, -0.25) is 0 Å². The quantitative estimate of drug-likeness (QED) is 0.429. The molecule has 0 aliphatic carbocycles. The zero-order valence-corrected chi connectivity index (χ0v) is 18.6. The lowest BCUT2D eigenvalue weighted by Gasteiger charge is -2.24.